The van der Waals surface area contributed by atoms with Crippen LogP contribution in [0.1, 0.15) is 58.6 Å². The first-order valence-corrected chi connectivity index (χ1v) is 11.9. The maximum Gasteiger partial charge on any atom is 0.337 e. The summed E-state index contributed by atoms with van der Waals surface area (Å²) in [7, 11) is 1.40. The molecule has 2 aromatic heterocycles. The summed E-state index contributed by atoms with van der Waals surface area (Å²) >= 11 is 0. The SMILES string of the molecule is COC(=O)c1ccc(Cn2ccc3c(C4CCC(Cc5ccccc5)CC4)ccnc32)cc1. The zero-order valence-corrected chi connectivity index (χ0v) is 19.1. The molecule has 33 heavy (non-hydrogen) atoms. The first kappa shape index (κ1) is 21.4. The summed E-state index contributed by atoms with van der Waals surface area (Å²) in [5.74, 6) is 1.09. The standard InChI is InChI=1S/C29H30N2O2/c1-33-29(32)25-13-9-23(10-14-25)20-31-18-16-27-26(15-17-30-28(27)31)24-11-7-22(8-12-24)19-21-5-3-2-4-6-21/h2-6,9-10,13-18,22,24H,7-8,11-12,19-20H2,1H3. The highest BCUT2D eigenvalue weighted by Crippen LogP contribution is 2.39. The Hall–Kier alpha value is -3.40. The summed E-state index contributed by atoms with van der Waals surface area (Å²) in [6, 6.07) is 22.9. The molecule has 0 radical (unpaired) electrons. The molecule has 4 heteroatoms. The second-order valence-electron chi connectivity index (χ2n) is 9.18. The number of methoxy groups -OCH3 is 1. The Kier molecular flexibility index (Phi) is 6.25. The van der Waals surface area contributed by atoms with Crippen molar-refractivity contribution in [2.75, 3.05) is 7.11 Å². The van der Waals surface area contributed by atoms with Crippen molar-refractivity contribution in [1.82, 2.24) is 9.55 Å². The number of hydrogen-bond acceptors (Lipinski definition) is 3. The summed E-state index contributed by atoms with van der Waals surface area (Å²) in [6.45, 7) is 0.727. The number of pyridine rings is 1. The molecule has 4 aromatic rings. The van der Waals surface area contributed by atoms with Gasteiger partial charge in [-0.25, -0.2) is 9.78 Å². The van der Waals surface area contributed by atoms with Crippen molar-refractivity contribution in [3.05, 3.63) is 101 Å². The predicted octanol–water partition coefficient (Wildman–Crippen LogP) is 6.39. The molecule has 1 fully saturated rings. The number of carbonyl (C=O) groups is 1. The summed E-state index contributed by atoms with van der Waals surface area (Å²) < 4.78 is 6.99. The van der Waals surface area contributed by atoms with Gasteiger partial charge in [0.2, 0.25) is 0 Å². The van der Waals surface area contributed by atoms with E-state index < -0.39 is 0 Å². The molecule has 2 heterocycles. The van der Waals surface area contributed by atoms with Gasteiger partial charge in [0.05, 0.1) is 12.7 Å². The largest absolute Gasteiger partial charge is 0.465 e. The van der Waals surface area contributed by atoms with Crippen LogP contribution in [-0.4, -0.2) is 22.6 Å². The van der Waals surface area contributed by atoms with Gasteiger partial charge in [-0.3, -0.25) is 0 Å². The van der Waals surface area contributed by atoms with E-state index in [4.69, 9.17) is 9.72 Å². The van der Waals surface area contributed by atoms with E-state index in [1.165, 1.54) is 55.7 Å². The summed E-state index contributed by atoms with van der Waals surface area (Å²) in [4.78, 5) is 16.4. The molecule has 0 spiro atoms. The van der Waals surface area contributed by atoms with E-state index in [2.05, 4.69) is 53.2 Å². The van der Waals surface area contributed by atoms with Crippen molar-refractivity contribution in [2.24, 2.45) is 5.92 Å². The van der Waals surface area contributed by atoms with Crippen LogP contribution in [-0.2, 0) is 17.7 Å². The molecule has 0 N–H and O–H groups in total. The van der Waals surface area contributed by atoms with E-state index >= 15 is 0 Å². The minimum absolute atomic E-state index is 0.308. The average molecular weight is 439 g/mol. The molecule has 168 valence electrons. The van der Waals surface area contributed by atoms with Gasteiger partial charge in [-0.05, 0) is 84.9 Å². The lowest BCUT2D eigenvalue weighted by atomic mass is 9.76. The number of nitrogens with zero attached hydrogens (tertiary/aromatic N) is 2. The van der Waals surface area contributed by atoms with Crippen LogP contribution in [0.2, 0.25) is 0 Å². The minimum Gasteiger partial charge on any atom is -0.465 e. The summed E-state index contributed by atoms with van der Waals surface area (Å²) in [5, 5.41) is 1.27. The number of hydrogen-bond donors (Lipinski definition) is 0. The Morgan fingerprint density at radius 1 is 0.939 bits per heavy atom. The topological polar surface area (TPSA) is 44.1 Å². The Morgan fingerprint density at radius 2 is 1.70 bits per heavy atom. The number of carbonyl (C=O) groups excluding carboxylic acids is 1. The van der Waals surface area contributed by atoms with Crippen molar-refractivity contribution < 1.29 is 9.53 Å². The van der Waals surface area contributed by atoms with Crippen molar-refractivity contribution >= 4 is 17.0 Å². The maximum absolute atomic E-state index is 11.7. The van der Waals surface area contributed by atoms with Crippen molar-refractivity contribution in [2.45, 2.75) is 44.6 Å². The van der Waals surface area contributed by atoms with Crippen molar-refractivity contribution in [3.63, 3.8) is 0 Å². The fraction of sp³-hybridized carbons (Fsp3) is 0.310. The van der Waals surface area contributed by atoms with Gasteiger partial charge in [-0.1, -0.05) is 42.5 Å². The molecule has 0 aliphatic heterocycles. The molecule has 0 atom stereocenters. The minimum atomic E-state index is -0.308. The molecule has 1 aliphatic rings. The third kappa shape index (κ3) is 4.70. The molecule has 2 aromatic carbocycles. The Labute approximate surface area is 195 Å². The van der Waals surface area contributed by atoms with Gasteiger partial charge in [0.15, 0.2) is 0 Å². The van der Waals surface area contributed by atoms with Crippen LogP contribution in [0.3, 0.4) is 0 Å². The summed E-state index contributed by atoms with van der Waals surface area (Å²) in [5.41, 5.74) is 5.65. The average Bonchev–Trinajstić information content (AvgIpc) is 3.28. The summed E-state index contributed by atoms with van der Waals surface area (Å²) in [6.07, 6.45) is 10.4. The second kappa shape index (κ2) is 9.62. The van der Waals surface area contributed by atoms with E-state index in [1.807, 2.05) is 30.5 Å². The monoisotopic (exact) mass is 438 g/mol. The number of rotatable bonds is 6. The Bertz CT molecular complexity index is 1220. The zero-order chi connectivity index (χ0) is 22.6. The highest BCUT2D eigenvalue weighted by molar-refractivity contribution is 5.89. The van der Waals surface area contributed by atoms with Crippen LogP contribution in [0.5, 0.6) is 0 Å². The zero-order valence-electron chi connectivity index (χ0n) is 19.1. The van der Waals surface area contributed by atoms with Gasteiger partial charge >= 0.3 is 5.97 Å². The Balaban J connectivity index is 1.28. The lowest BCUT2D eigenvalue weighted by Crippen LogP contribution is -2.15. The van der Waals surface area contributed by atoms with Crippen molar-refractivity contribution in [3.8, 4) is 0 Å². The van der Waals surface area contributed by atoms with Gasteiger partial charge < -0.3 is 9.30 Å². The smallest absolute Gasteiger partial charge is 0.337 e. The van der Waals surface area contributed by atoms with Crippen LogP contribution < -0.4 is 0 Å². The fourth-order valence-corrected chi connectivity index (χ4v) is 5.28. The first-order chi connectivity index (χ1) is 16.2. The molecule has 0 saturated heterocycles. The molecule has 0 amide bonds. The van der Waals surface area contributed by atoms with E-state index in [0.29, 0.717) is 11.5 Å². The molecule has 4 nitrogen and oxygen atoms in total. The van der Waals surface area contributed by atoms with Crippen LogP contribution in [0.25, 0.3) is 11.0 Å². The van der Waals surface area contributed by atoms with E-state index in [0.717, 1.165) is 23.7 Å². The van der Waals surface area contributed by atoms with Gasteiger partial charge in [0.1, 0.15) is 5.65 Å². The highest BCUT2D eigenvalue weighted by atomic mass is 16.5. The van der Waals surface area contributed by atoms with Gasteiger partial charge in [-0.2, -0.15) is 0 Å². The number of esters is 1. The Morgan fingerprint density at radius 3 is 2.42 bits per heavy atom. The highest BCUT2D eigenvalue weighted by Gasteiger charge is 2.24. The van der Waals surface area contributed by atoms with Gasteiger partial charge in [0, 0.05) is 24.3 Å². The molecule has 5 rings (SSSR count). The molecule has 0 bridgehead atoms. The second-order valence-corrected chi connectivity index (χ2v) is 9.18. The number of ether oxygens (including phenoxy) is 1. The third-order valence-corrected chi connectivity index (χ3v) is 7.08. The van der Waals surface area contributed by atoms with E-state index in [1.54, 1.807) is 0 Å². The number of benzene rings is 2. The van der Waals surface area contributed by atoms with Crippen LogP contribution in [0.15, 0.2) is 79.1 Å². The van der Waals surface area contributed by atoms with Crippen LogP contribution >= 0.6 is 0 Å². The van der Waals surface area contributed by atoms with E-state index in [-0.39, 0.29) is 5.97 Å². The molecular weight excluding hydrogens is 408 g/mol. The fourth-order valence-electron chi connectivity index (χ4n) is 5.28. The quantitative estimate of drug-likeness (QED) is 0.328. The molecule has 0 unspecified atom stereocenters. The lowest BCUT2D eigenvalue weighted by Gasteiger charge is -2.29. The van der Waals surface area contributed by atoms with Crippen molar-refractivity contribution in [1.29, 1.82) is 0 Å². The lowest BCUT2D eigenvalue weighted by molar-refractivity contribution is 0.0600. The number of fused-ring (bicyclic) bond motifs is 1. The van der Waals surface area contributed by atoms with Gasteiger partial charge in [0.25, 0.3) is 0 Å². The van der Waals surface area contributed by atoms with Gasteiger partial charge in [-0.15, -0.1) is 0 Å². The normalized spacial score (nSPS) is 18.3. The number of aromatic nitrogens is 2. The third-order valence-electron chi connectivity index (χ3n) is 7.08. The molecular formula is C29H30N2O2. The first-order valence-electron chi connectivity index (χ1n) is 11.9. The van der Waals surface area contributed by atoms with E-state index in [9.17, 15) is 4.79 Å². The van der Waals surface area contributed by atoms with Crippen LogP contribution in [0, 0.1) is 5.92 Å². The predicted molar refractivity (Wildman–Crippen MR) is 131 cm³/mol. The van der Waals surface area contributed by atoms with Crippen LogP contribution in [0.4, 0.5) is 0 Å². The maximum atomic E-state index is 11.7. The molecule has 1 saturated carbocycles. The molecule has 1 aliphatic carbocycles.